The molecule has 178 valence electrons. The fourth-order valence-electron chi connectivity index (χ4n) is 3.39. The highest BCUT2D eigenvalue weighted by atomic mass is 16.5. The summed E-state index contributed by atoms with van der Waals surface area (Å²) in [5, 5.41) is 8.64. The van der Waals surface area contributed by atoms with Crippen molar-refractivity contribution in [1.29, 1.82) is 0 Å². The smallest absolute Gasteiger partial charge is 0.217 e. The molecule has 1 fully saturated rings. The topological polar surface area (TPSA) is 83.5 Å². The van der Waals surface area contributed by atoms with Crippen LogP contribution in [-0.2, 0) is 14.1 Å². The van der Waals surface area contributed by atoms with Crippen molar-refractivity contribution in [3.8, 4) is 28.7 Å². The number of nitrogens with zero attached hydrogens (tertiary/aromatic N) is 7. The Morgan fingerprint density at radius 1 is 0.912 bits per heavy atom. The number of aryl methyl sites for hydroxylation is 2. The Morgan fingerprint density at radius 3 is 2.29 bits per heavy atom. The summed E-state index contributed by atoms with van der Waals surface area (Å²) in [5.41, 5.74) is 5.07. The molecule has 1 saturated carbocycles. The molecule has 5 rings (SSSR count). The van der Waals surface area contributed by atoms with Gasteiger partial charge in [0.05, 0.1) is 5.69 Å². The number of hydrogen-bond acceptors (Lipinski definition) is 6. The molecule has 8 nitrogen and oxygen atoms in total. The van der Waals surface area contributed by atoms with Gasteiger partial charge in [-0.05, 0) is 48.9 Å². The average molecular weight is 460 g/mol. The molecular weight excluding hydrogens is 426 g/mol. The summed E-state index contributed by atoms with van der Waals surface area (Å²) < 4.78 is 9.36. The Hall–Kier alpha value is -3.55. The van der Waals surface area contributed by atoms with Crippen LogP contribution in [0.5, 0.6) is 5.88 Å². The highest BCUT2D eigenvalue weighted by Crippen LogP contribution is 2.33. The van der Waals surface area contributed by atoms with Gasteiger partial charge in [0.15, 0.2) is 5.82 Å². The van der Waals surface area contributed by atoms with Gasteiger partial charge < -0.3 is 4.74 Å². The lowest BCUT2D eigenvalue weighted by Crippen LogP contribution is -2.03. The third kappa shape index (κ3) is 5.87. The Morgan fingerprint density at radius 2 is 1.71 bits per heavy atom. The van der Waals surface area contributed by atoms with E-state index in [9.17, 15) is 0 Å². The zero-order valence-electron chi connectivity index (χ0n) is 20.8. The van der Waals surface area contributed by atoms with Crippen LogP contribution >= 0.6 is 0 Å². The van der Waals surface area contributed by atoms with E-state index in [4.69, 9.17) is 4.74 Å². The van der Waals surface area contributed by atoms with Gasteiger partial charge in [-0.25, -0.2) is 15.0 Å². The Bertz CT molecular complexity index is 1240. The normalized spacial score (nSPS) is 13.2. The maximum Gasteiger partial charge on any atom is 0.217 e. The van der Waals surface area contributed by atoms with Crippen LogP contribution in [0.1, 0.15) is 63.6 Å². The van der Waals surface area contributed by atoms with Crippen molar-refractivity contribution in [1.82, 2.24) is 34.5 Å². The predicted octanol–water partition coefficient (Wildman–Crippen LogP) is 5.15. The molecule has 0 unspecified atom stereocenters. The summed E-state index contributed by atoms with van der Waals surface area (Å²) in [7, 11) is 3.77. The van der Waals surface area contributed by atoms with Gasteiger partial charge in [0.2, 0.25) is 5.88 Å². The van der Waals surface area contributed by atoms with E-state index in [2.05, 4.69) is 58.9 Å². The molecule has 0 radical (unpaired) electrons. The standard InChI is InChI=1S/C15H19N3O.C11H14N4/c1-10(2)13-8-11(14-6-7-18(3)17-14)9-16-15(13)19-12-4-5-12;1-8(2)9-5-4-6-10(13-9)11-12-7-15(3)14-11/h6-10,12H,4-5H2,1-3H3;4-8H,1-3H3. The Labute approximate surface area is 201 Å². The molecule has 34 heavy (non-hydrogen) atoms. The van der Waals surface area contributed by atoms with Crippen LogP contribution in [0.2, 0.25) is 0 Å². The van der Waals surface area contributed by atoms with E-state index >= 15 is 0 Å². The summed E-state index contributed by atoms with van der Waals surface area (Å²) in [6, 6.07) is 10.1. The maximum atomic E-state index is 5.88. The third-order valence-corrected chi connectivity index (χ3v) is 5.50. The van der Waals surface area contributed by atoms with Crippen LogP contribution in [0.25, 0.3) is 22.8 Å². The van der Waals surface area contributed by atoms with Gasteiger partial charge in [-0.1, -0.05) is 33.8 Å². The van der Waals surface area contributed by atoms with Gasteiger partial charge in [-0.2, -0.15) is 5.10 Å². The van der Waals surface area contributed by atoms with Crippen LogP contribution in [-0.4, -0.2) is 40.6 Å². The summed E-state index contributed by atoms with van der Waals surface area (Å²) in [6.07, 6.45) is 8.16. The van der Waals surface area contributed by atoms with Crippen LogP contribution in [0, 0.1) is 0 Å². The minimum absolute atomic E-state index is 0.380. The minimum atomic E-state index is 0.380. The van der Waals surface area contributed by atoms with Crippen molar-refractivity contribution in [2.45, 2.75) is 58.5 Å². The van der Waals surface area contributed by atoms with E-state index in [0.29, 0.717) is 23.8 Å². The van der Waals surface area contributed by atoms with Gasteiger partial charge in [-0.15, -0.1) is 5.10 Å². The quantitative estimate of drug-likeness (QED) is 0.397. The van der Waals surface area contributed by atoms with Gasteiger partial charge in [0.1, 0.15) is 18.1 Å². The SMILES string of the molecule is CC(C)c1cc(-c2ccn(C)n2)cnc1OC1CC1.CC(C)c1cccc(-c2ncn(C)n2)n1. The Kier molecular flexibility index (Phi) is 7.05. The number of aromatic nitrogens is 7. The first-order valence-electron chi connectivity index (χ1n) is 11.8. The van der Waals surface area contributed by atoms with Crippen LogP contribution in [0.15, 0.2) is 49.1 Å². The maximum absolute atomic E-state index is 5.88. The summed E-state index contributed by atoms with van der Waals surface area (Å²) >= 11 is 0. The molecule has 0 spiro atoms. The average Bonchev–Trinajstić information content (AvgIpc) is 3.35. The molecular formula is C26H33N7O. The zero-order valence-corrected chi connectivity index (χ0v) is 20.8. The second-order valence-corrected chi connectivity index (χ2v) is 9.31. The van der Waals surface area contributed by atoms with Gasteiger partial charge in [-0.3, -0.25) is 9.36 Å². The highest BCUT2D eigenvalue weighted by molar-refractivity contribution is 5.59. The number of pyridine rings is 2. The number of rotatable bonds is 6. The van der Waals surface area contributed by atoms with Crippen LogP contribution in [0.4, 0.5) is 0 Å². The van der Waals surface area contributed by atoms with Crippen molar-refractivity contribution in [3.63, 3.8) is 0 Å². The van der Waals surface area contributed by atoms with Crippen LogP contribution < -0.4 is 4.74 Å². The fourth-order valence-corrected chi connectivity index (χ4v) is 3.39. The van der Waals surface area contributed by atoms with E-state index in [1.165, 1.54) is 0 Å². The third-order valence-electron chi connectivity index (χ3n) is 5.50. The van der Waals surface area contributed by atoms with E-state index in [-0.39, 0.29) is 0 Å². The van der Waals surface area contributed by atoms with Crippen LogP contribution in [0.3, 0.4) is 0 Å². The molecule has 8 heteroatoms. The molecule has 0 aromatic carbocycles. The molecule has 4 aromatic rings. The first kappa shape index (κ1) is 23.6. The minimum Gasteiger partial charge on any atom is -0.474 e. The first-order chi connectivity index (χ1) is 16.3. The molecule has 4 aromatic heterocycles. The van der Waals surface area contributed by atoms with Crippen molar-refractivity contribution >= 4 is 0 Å². The van der Waals surface area contributed by atoms with Gasteiger partial charge in [0, 0.05) is 43.3 Å². The van der Waals surface area contributed by atoms with Gasteiger partial charge >= 0.3 is 0 Å². The number of ether oxygens (including phenoxy) is 1. The lowest BCUT2D eigenvalue weighted by molar-refractivity contribution is 0.286. The second-order valence-electron chi connectivity index (χ2n) is 9.31. The molecule has 0 amide bonds. The fraction of sp³-hybridized carbons (Fsp3) is 0.423. The molecule has 0 bridgehead atoms. The lowest BCUT2D eigenvalue weighted by atomic mass is 10.0. The van der Waals surface area contributed by atoms with E-state index in [0.717, 1.165) is 46.9 Å². The summed E-state index contributed by atoms with van der Waals surface area (Å²) in [5.74, 6) is 2.29. The van der Waals surface area contributed by atoms with E-state index in [1.54, 1.807) is 15.7 Å². The molecule has 0 saturated heterocycles. The van der Waals surface area contributed by atoms with Crippen molar-refractivity contribution in [2.24, 2.45) is 14.1 Å². The van der Waals surface area contributed by atoms with E-state index in [1.807, 2.05) is 50.8 Å². The second kappa shape index (κ2) is 10.2. The largest absolute Gasteiger partial charge is 0.474 e. The van der Waals surface area contributed by atoms with Crippen molar-refractivity contribution in [2.75, 3.05) is 0 Å². The van der Waals surface area contributed by atoms with E-state index < -0.39 is 0 Å². The van der Waals surface area contributed by atoms with Crippen molar-refractivity contribution < 1.29 is 4.74 Å². The molecule has 0 atom stereocenters. The van der Waals surface area contributed by atoms with Gasteiger partial charge in [0.25, 0.3) is 0 Å². The van der Waals surface area contributed by atoms with Crippen molar-refractivity contribution in [3.05, 3.63) is 60.3 Å². The number of hydrogen-bond donors (Lipinski definition) is 0. The molecule has 1 aliphatic rings. The lowest BCUT2D eigenvalue weighted by Gasteiger charge is -2.13. The highest BCUT2D eigenvalue weighted by Gasteiger charge is 2.26. The molecule has 4 heterocycles. The Balaban J connectivity index is 0.000000166. The molecule has 0 aliphatic heterocycles. The summed E-state index contributed by atoms with van der Waals surface area (Å²) in [6.45, 7) is 8.58. The summed E-state index contributed by atoms with van der Waals surface area (Å²) in [4.78, 5) is 13.2. The molecule has 1 aliphatic carbocycles. The monoisotopic (exact) mass is 459 g/mol. The first-order valence-corrected chi connectivity index (χ1v) is 11.8. The zero-order chi connectivity index (χ0) is 24.2. The predicted molar refractivity (Wildman–Crippen MR) is 133 cm³/mol. The molecule has 0 N–H and O–H groups in total.